The number of nitrogens with zero attached hydrogens (tertiary/aromatic N) is 5. The van der Waals surface area contributed by atoms with Crippen LogP contribution in [0.1, 0.15) is 23.2 Å². The van der Waals surface area contributed by atoms with Gasteiger partial charge in [0.05, 0.1) is 24.3 Å². The highest BCUT2D eigenvalue weighted by Crippen LogP contribution is 2.40. The topological polar surface area (TPSA) is 44.7 Å². The van der Waals surface area contributed by atoms with E-state index < -0.39 is 0 Å². The number of halogens is 1. The summed E-state index contributed by atoms with van der Waals surface area (Å²) in [6, 6.07) is 8.13. The van der Waals surface area contributed by atoms with Crippen LogP contribution in [0.5, 0.6) is 0 Å². The third-order valence-corrected chi connectivity index (χ3v) is 6.93. The molecule has 3 aliphatic rings. The molecule has 5 rings (SSSR count). The Bertz CT molecular complexity index is 885. The van der Waals surface area contributed by atoms with Gasteiger partial charge in [0.25, 0.3) is 0 Å². The molecule has 4 heterocycles. The van der Waals surface area contributed by atoms with E-state index in [1.54, 1.807) is 0 Å². The summed E-state index contributed by atoms with van der Waals surface area (Å²) in [5.74, 6) is 0.877. The van der Waals surface area contributed by atoms with Crippen molar-refractivity contribution in [3.63, 3.8) is 0 Å². The Hall–Kier alpha value is -1.73. The van der Waals surface area contributed by atoms with Crippen molar-refractivity contribution in [3.05, 3.63) is 52.3 Å². The number of fused-ring (bicyclic) bond motifs is 2. The number of piperazine rings is 1. The van der Waals surface area contributed by atoms with Crippen LogP contribution in [0.25, 0.3) is 0 Å². The largest absolute Gasteiger partial charge is 0.376 e. The molecule has 1 aromatic carbocycles. The highest BCUT2D eigenvalue weighted by molar-refractivity contribution is 6.31. The minimum atomic E-state index is -0.0426. The van der Waals surface area contributed by atoms with E-state index in [0.29, 0.717) is 6.61 Å². The Balaban J connectivity index is 1.38. The van der Waals surface area contributed by atoms with Gasteiger partial charge in [-0.2, -0.15) is 0 Å². The molecule has 1 spiro atoms. The van der Waals surface area contributed by atoms with Gasteiger partial charge in [-0.05, 0) is 31.6 Å². The van der Waals surface area contributed by atoms with E-state index in [0.717, 1.165) is 75.4 Å². The maximum Gasteiger partial charge on any atom is 0.225 e. The lowest BCUT2D eigenvalue weighted by molar-refractivity contribution is 0.0502. The Labute approximate surface area is 177 Å². The van der Waals surface area contributed by atoms with E-state index >= 15 is 0 Å². The number of rotatable bonds is 3. The predicted octanol–water partition coefficient (Wildman–Crippen LogP) is 2.56. The van der Waals surface area contributed by atoms with Gasteiger partial charge >= 0.3 is 0 Å². The van der Waals surface area contributed by atoms with Gasteiger partial charge in [-0.3, -0.25) is 4.90 Å². The van der Waals surface area contributed by atoms with Crippen LogP contribution in [0, 0.1) is 0 Å². The molecule has 2 aromatic rings. The van der Waals surface area contributed by atoms with Crippen molar-refractivity contribution >= 4 is 17.5 Å². The minimum absolute atomic E-state index is 0.0426. The van der Waals surface area contributed by atoms with E-state index in [1.807, 2.05) is 18.3 Å². The standard InChI is InChI=1S/C22H28ClN5O/c1-26-8-10-28(11-9-26)21-24-12-18-14-29-16-22(20(18)25-21)6-7-27(15-22)13-17-4-2-3-5-19(17)23/h2-5,12H,6-11,13-16H2,1H3. The third kappa shape index (κ3) is 3.75. The molecule has 2 fully saturated rings. The molecule has 154 valence electrons. The Morgan fingerprint density at radius 1 is 1.14 bits per heavy atom. The molecule has 0 radical (unpaired) electrons. The number of aromatic nitrogens is 2. The van der Waals surface area contributed by atoms with Gasteiger partial charge in [0.2, 0.25) is 5.95 Å². The molecule has 0 amide bonds. The Kier molecular flexibility index (Phi) is 5.20. The fourth-order valence-corrected chi connectivity index (χ4v) is 5.01. The number of benzene rings is 1. The van der Waals surface area contributed by atoms with E-state index in [4.69, 9.17) is 21.3 Å². The van der Waals surface area contributed by atoms with Gasteiger partial charge in [-0.15, -0.1) is 0 Å². The van der Waals surface area contributed by atoms with Crippen LogP contribution >= 0.6 is 11.6 Å². The van der Waals surface area contributed by atoms with Crippen LogP contribution < -0.4 is 4.90 Å². The van der Waals surface area contributed by atoms with Gasteiger partial charge in [0.1, 0.15) is 0 Å². The first-order chi connectivity index (χ1) is 14.1. The summed E-state index contributed by atoms with van der Waals surface area (Å²) in [6.07, 6.45) is 3.05. The lowest BCUT2D eigenvalue weighted by Crippen LogP contribution is -2.46. The molecule has 1 unspecified atom stereocenters. The normalized spacial score (nSPS) is 25.5. The zero-order chi connectivity index (χ0) is 19.8. The van der Waals surface area contributed by atoms with E-state index in [1.165, 1.54) is 11.3 Å². The lowest BCUT2D eigenvalue weighted by Gasteiger charge is -2.36. The summed E-state index contributed by atoms with van der Waals surface area (Å²) in [5.41, 5.74) is 3.49. The molecule has 0 N–H and O–H groups in total. The Morgan fingerprint density at radius 3 is 2.79 bits per heavy atom. The van der Waals surface area contributed by atoms with Crippen molar-refractivity contribution in [1.82, 2.24) is 19.8 Å². The van der Waals surface area contributed by atoms with Crippen molar-refractivity contribution < 1.29 is 4.74 Å². The quantitative estimate of drug-likeness (QED) is 0.770. The van der Waals surface area contributed by atoms with Gasteiger partial charge in [0.15, 0.2) is 0 Å². The molecular weight excluding hydrogens is 386 g/mol. The van der Waals surface area contributed by atoms with Crippen LogP contribution in [0.15, 0.2) is 30.5 Å². The number of hydrogen-bond donors (Lipinski definition) is 0. The molecule has 29 heavy (non-hydrogen) atoms. The highest BCUT2D eigenvalue weighted by Gasteiger charge is 2.45. The summed E-state index contributed by atoms with van der Waals surface area (Å²) in [7, 11) is 2.17. The zero-order valence-corrected chi connectivity index (χ0v) is 17.7. The summed E-state index contributed by atoms with van der Waals surface area (Å²) in [4.78, 5) is 17.0. The minimum Gasteiger partial charge on any atom is -0.376 e. The smallest absolute Gasteiger partial charge is 0.225 e. The second-order valence-electron chi connectivity index (χ2n) is 8.66. The summed E-state index contributed by atoms with van der Waals surface area (Å²) >= 11 is 6.40. The average Bonchev–Trinajstić information content (AvgIpc) is 3.14. The summed E-state index contributed by atoms with van der Waals surface area (Å²) in [6.45, 7) is 8.28. The van der Waals surface area contributed by atoms with Crippen molar-refractivity contribution in [2.75, 3.05) is 57.8 Å². The number of anilines is 1. The van der Waals surface area contributed by atoms with E-state index in [9.17, 15) is 0 Å². The second-order valence-corrected chi connectivity index (χ2v) is 9.07. The van der Waals surface area contributed by atoms with Crippen molar-refractivity contribution in [2.24, 2.45) is 0 Å². The second kappa shape index (κ2) is 7.84. The zero-order valence-electron chi connectivity index (χ0n) is 17.0. The molecule has 3 aliphatic heterocycles. The van der Waals surface area contributed by atoms with E-state index in [-0.39, 0.29) is 5.41 Å². The highest BCUT2D eigenvalue weighted by atomic mass is 35.5. The van der Waals surface area contributed by atoms with Crippen LogP contribution in [-0.4, -0.2) is 72.7 Å². The first-order valence-electron chi connectivity index (χ1n) is 10.5. The molecular formula is C22H28ClN5O. The van der Waals surface area contributed by atoms with Crippen LogP contribution in [0.2, 0.25) is 5.02 Å². The average molecular weight is 414 g/mol. The van der Waals surface area contributed by atoms with Gasteiger partial charge in [0, 0.05) is 56.1 Å². The molecule has 0 saturated carbocycles. The first kappa shape index (κ1) is 19.2. The van der Waals surface area contributed by atoms with Crippen LogP contribution in [0.3, 0.4) is 0 Å². The van der Waals surface area contributed by atoms with Gasteiger partial charge in [-0.1, -0.05) is 29.8 Å². The van der Waals surface area contributed by atoms with Crippen LogP contribution in [0.4, 0.5) is 5.95 Å². The van der Waals surface area contributed by atoms with Gasteiger partial charge < -0.3 is 14.5 Å². The fourth-order valence-electron chi connectivity index (χ4n) is 4.82. The summed E-state index contributed by atoms with van der Waals surface area (Å²) < 4.78 is 6.00. The van der Waals surface area contributed by atoms with Gasteiger partial charge in [-0.25, -0.2) is 9.97 Å². The molecule has 6 nitrogen and oxygen atoms in total. The van der Waals surface area contributed by atoms with Crippen molar-refractivity contribution in [2.45, 2.75) is 25.0 Å². The van der Waals surface area contributed by atoms with Crippen LogP contribution in [-0.2, 0) is 23.3 Å². The molecule has 1 aromatic heterocycles. The number of likely N-dealkylation sites (N-methyl/N-ethyl adjacent to an activating group) is 1. The monoisotopic (exact) mass is 413 g/mol. The molecule has 0 bridgehead atoms. The predicted molar refractivity (Wildman–Crippen MR) is 114 cm³/mol. The maximum absolute atomic E-state index is 6.40. The van der Waals surface area contributed by atoms with E-state index in [2.05, 4.69) is 38.9 Å². The molecule has 7 heteroatoms. The Morgan fingerprint density at radius 2 is 1.97 bits per heavy atom. The number of hydrogen-bond acceptors (Lipinski definition) is 6. The first-order valence-corrected chi connectivity index (χ1v) is 10.8. The molecule has 2 saturated heterocycles. The fraction of sp³-hybridized carbons (Fsp3) is 0.545. The third-order valence-electron chi connectivity index (χ3n) is 6.56. The molecule has 1 atom stereocenters. The summed E-state index contributed by atoms with van der Waals surface area (Å²) in [5, 5.41) is 0.841. The SMILES string of the molecule is CN1CCN(c2ncc3c(n2)C2(CCN(Cc4ccccc4Cl)C2)COC3)CC1. The van der Waals surface area contributed by atoms with Crippen molar-refractivity contribution in [1.29, 1.82) is 0 Å². The maximum atomic E-state index is 6.40. The number of likely N-dealkylation sites (tertiary alicyclic amines) is 1. The van der Waals surface area contributed by atoms with Crippen molar-refractivity contribution in [3.8, 4) is 0 Å². The lowest BCUT2D eigenvalue weighted by atomic mass is 9.80. The number of ether oxygens (including phenoxy) is 1. The molecule has 0 aliphatic carbocycles.